The minimum absolute atomic E-state index is 0.126. The van der Waals surface area contributed by atoms with Gasteiger partial charge < -0.3 is 13.4 Å². The van der Waals surface area contributed by atoms with Crippen LogP contribution in [0.2, 0.25) is 0 Å². The van der Waals surface area contributed by atoms with Crippen LogP contribution < -0.4 is 0 Å². The van der Waals surface area contributed by atoms with Crippen LogP contribution in [0.15, 0.2) is 179 Å². The topological polar surface area (TPSA) is 69.9 Å². The van der Waals surface area contributed by atoms with Gasteiger partial charge in [0, 0.05) is 54.5 Å². The van der Waals surface area contributed by atoms with Crippen molar-refractivity contribution in [2.24, 2.45) is 0 Å². The summed E-state index contributed by atoms with van der Waals surface area (Å²) in [4.78, 5) is 15.5. The van der Waals surface area contributed by atoms with Gasteiger partial charge in [-0.15, -0.1) is 0 Å². The SMILES string of the molecule is CC1(C)c2ccccc2-c2cc3c4ccccc4n(-c4ccc5oc6cccc(-c7nc(-c8ccccc8)nc(-c8cccc9c8oc8ccccc89)n7)c6c5c4)c3cc21. The summed E-state index contributed by atoms with van der Waals surface area (Å²) in [5.41, 5.74) is 14.3. The summed E-state index contributed by atoms with van der Waals surface area (Å²) in [6.45, 7) is 4.68. The smallest absolute Gasteiger partial charge is 0.167 e. The lowest BCUT2D eigenvalue weighted by atomic mass is 9.82. The van der Waals surface area contributed by atoms with Gasteiger partial charge in [0.05, 0.1) is 16.6 Å². The molecule has 60 heavy (non-hydrogen) atoms. The second-order valence-corrected chi connectivity index (χ2v) is 16.4. The average molecular weight is 771 g/mol. The number of benzene rings is 8. The molecule has 0 fully saturated rings. The Labute approximate surface area is 344 Å². The van der Waals surface area contributed by atoms with E-state index in [0.29, 0.717) is 17.5 Å². The standard InChI is InChI=1S/C54H34N4O2/c1-54(2)42-22-9-6-16-33(42)39-29-40-34-17-7-10-23-44(34)58(45(40)30-43(39)54)32-26-27-47-41(28-32)49-37(20-13-25-48(49)59-47)52-55-51(31-14-4-3-5-15-31)56-53(57-52)38-21-12-19-36-35-18-8-11-24-46(35)60-50(36)38/h3-30H,1-2H3. The van der Waals surface area contributed by atoms with Crippen LogP contribution in [0, 0.1) is 0 Å². The van der Waals surface area contributed by atoms with E-state index in [4.69, 9.17) is 23.8 Å². The second-order valence-electron chi connectivity index (χ2n) is 16.4. The third-order valence-electron chi connectivity index (χ3n) is 12.7. The summed E-state index contributed by atoms with van der Waals surface area (Å²) in [6.07, 6.45) is 0. The molecule has 13 rings (SSSR count). The molecular formula is C54H34N4O2. The number of rotatable bonds is 4. The molecule has 1 aliphatic carbocycles. The van der Waals surface area contributed by atoms with Crippen molar-refractivity contribution in [2.45, 2.75) is 19.3 Å². The van der Waals surface area contributed by atoms with Gasteiger partial charge in [-0.2, -0.15) is 0 Å². The van der Waals surface area contributed by atoms with Crippen molar-refractivity contribution in [3.63, 3.8) is 0 Å². The van der Waals surface area contributed by atoms with Crippen LogP contribution in [0.5, 0.6) is 0 Å². The first kappa shape index (κ1) is 33.2. The number of hydrogen-bond donors (Lipinski definition) is 0. The van der Waals surface area contributed by atoms with Gasteiger partial charge in [-0.3, -0.25) is 0 Å². The molecule has 1 aliphatic rings. The number of furan rings is 2. The van der Waals surface area contributed by atoms with Crippen molar-refractivity contribution in [1.82, 2.24) is 19.5 Å². The molecular weight excluding hydrogens is 737 g/mol. The molecule has 0 aliphatic heterocycles. The molecule has 0 saturated carbocycles. The predicted octanol–water partition coefficient (Wildman–Crippen LogP) is 14.1. The summed E-state index contributed by atoms with van der Waals surface area (Å²) in [7, 11) is 0. The first-order valence-electron chi connectivity index (χ1n) is 20.4. The van der Waals surface area contributed by atoms with E-state index in [1.165, 1.54) is 38.5 Å². The largest absolute Gasteiger partial charge is 0.456 e. The fraction of sp³-hybridized carbons (Fsp3) is 0.0556. The van der Waals surface area contributed by atoms with Gasteiger partial charge in [-0.25, -0.2) is 15.0 Å². The van der Waals surface area contributed by atoms with Gasteiger partial charge in [-0.05, 0) is 76.9 Å². The molecule has 0 spiro atoms. The third-order valence-corrected chi connectivity index (χ3v) is 12.7. The van der Waals surface area contributed by atoms with Crippen molar-refractivity contribution >= 4 is 65.7 Å². The van der Waals surface area contributed by atoms with E-state index in [0.717, 1.165) is 71.8 Å². The van der Waals surface area contributed by atoms with Crippen LogP contribution in [-0.4, -0.2) is 19.5 Å². The first-order valence-corrected chi connectivity index (χ1v) is 20.4. The van der Waals surface area contributed by atoms with Crippen molar-refractivity contribution in [3.8, 4) is 51.0 Å². The Balaban J connectivity index is 1.05. The van der Waals surface area contributed by atoms with Crippen LogP contribution in [0.4, 0.5) is 0 Å². The maximum absolute atomic E-state index is 6.61. The van der Waals surface area contributed by atoms with Crippen molar-refractivity contribution in [1.29, 1.82) is 0 Å². The Bertz CT molecular complexity index is 3760. The number of para-hydroxylation sites is 3. The molecule has 0 atom stereocenters. The summed E-state index contributed by atoms with van der Waals surface area (Å²) in [5, 5.41) is 6.47. The summed E-state index contributed by atoms with van der Waals surface area (Å²) >= 11 is 0. The molecule has 0 unspecified atom stereocenters. The van der Waals surface area contributed by atoms with Crippen LogP contribution >= 0.6 is 0 Å². The first-order chi connectivity index (χ1) is 29.5. The van der Waals surface area contributed by atoms with Crippen LogP contribution in [-0.2, 0) is 5.41 Å². The van der Waals surface area contributed by atoms with Crippen LogP contribution in [0.25, 0.3) is 117 Å². The number of hydrogen-bond acceptors (Lipinski definition) is 5. The lowest BCUT2D eigenvalue weighted by Crippen LogP contribution is -2.14. The highest BCUT2D eigenvalue weighted by Gasteiger charge is 2.36. The van der Waals surface area contributed by atoms with E-state index < -0.39 is 0 Å². The highest BCUT2D eigenvalue weighted by atomic mass is 16.3. The molecule has 0 radical (unpaired) electrons. The van der Waals surface area contributed by atoms with E-state index >= 15 is 0 Å². The summed E-state index contributed by atoms with van der Waals surface area (Å²) < 4.78 is 15.5. The second kappa shape index (κ2) is 12.1. The Morgan fingerprint density at radius 3 is 1.98 bits per heavy atom. The van der Waals surface area contributed by atoms with E-state index in [2.05, 4.69) is 115 Å². The minimum Gasteiger partial charge on any atom is -0.456 e. The van der Waals surface area contributed by atoms with Crippen LogP contribution in [0.1, 0.15) is 25.0 Å². The zero-order chi connectivity index (χ0) is 39.7. The predicted molar refractivity (Wildman–Crippen MR) is 243 cm³/mol. The van der Waals surface area contributed by atoms with Gasteiger partial charge in [0.25, 0.3) is 0 Å². The molecule has 0 amide bonds. The normalized spacial score (nSPS) is 13.3. The molecule has 282 valence electrons. The number of aromatic nitrogens is 4. The van der Waals surface area contributed by atoms with E-state index in [1.807, 2.05) is 72.8 Å². The molecule has 8 aromatic carbocycles. The fourth-order valence-corrected chi connectivity index (χ4v) is 9.84. The highest BCUT2D eigenvalue weighted by Crippen LogP contribution is 2.51. The monoisotopic (exact) mass is 770 g/mol. The van der Waals surface area contributed by atoms with Crippen molar-refractivity contribution < 1.29 is 8.83 Å². The highest BCUT2D eigenvalue weighted by molar-refractivity contribution is 6.15. The molecule has 6 heteroatoms. The van der Waals surface area contributed by atoms with E-state index in [9.17, 15) is 0 Å². The number of nitrogens with zero attached hydrogens (tertiary/aromatic N) is 4. The summed E-state index contributed by atoms with van der Waals surface area (Å²) in [6, 6.07) is 59.4. The maximum Gasteiger partial charge on any atom is 0.167 e. The van der Waals surface area contributed by atoms with Gasteiger partial charge in [0.2, 0.25) is 0 Å². The molecule has 0 N–H and O–H groups in total. The fourth-order valence-electron chi connectivity index (χ4n) is 9.84. The Morgan fingerprint density at radius 2 is 1.08 bits per heavy atom. The zero-order valence-corrected chi connectivity index (χ0v) is 32.8. The van der Waals surface area contributed by atoms with E-state index in [1.54, 1.807) is 0 Å². The molecule has 0 bridgehead atoms. The summed E-state index contributed by atoms with van der Waals surface area (Å²) in [5.74, 6) is 1.67. The average Bonchev–Trinajstić information content (AvgIpc) is 4.02. The number of fused-ring (bicyclic) bond motifs is 12. The maximum atomic E-state index is 6.61. The van der Waals surface area contributed by atoms with Crippen LogP contribution in [0.3, 0.4) is 0 Å². The lowest BCUT2D eigenvalue weighted by Gasteiger charge is -2.21. The molecule has 4 aromatic heterocycles. The van der Waals surface area contributed by atoms with Crippen molar-refractivity contribution in [3.05, 3.63) is 181 Å². The third kappa shape index (κ3) is 4.61. The Morgan fingerprint density at radius 1 is 0.417 bits per heavy atom. The zero-order valence-electron chi connectivity index (χ0n) is 32.8. The quantitative estimate of drug-likeness (QED) is 0.178. The lowest BCUT2D eigenvalue weighted by molar-refractivity contribution is 0.661. The Hall–Kier alpha value is -7.83. The Kier molecular flexibility index (Phi) is 6.69. The molecule has 0 saturated heterocycles. The molecule has 12 aromatic rings. The van der Waals surface area contributed by atoms with Gasteiger partial charge >= 0.3 is 0 Å². The van der Waals surface area contributed by atoms with Gasteiger partial charge in [-0.1, -0.05) is 129 Å². The molecule has 6 nitrogen and oxygen atoms in total. The minimum atomic E-state index is -0.126. The van der Waals surface area contributed by atoms with Crippen molar-refractivity contribution in [2.75, 3.05) is 0 Å². The molecule has 4 heterocycles. The van der Waals surface area contributed by atoms with Gasteiger partial charge in [0.15, 0.2) is 17.5 Å². The van der Waals surface area contributed by atoms with E-state index in [-0.39, 0.29) is 5.41 Å². The van der Waals surface area contributed by atoms with Gasteiger partial charge in [0.1, 0.15) is 22.3 Å².